The number of rotatable bonds is 2. The van der Waals surface area contributed by atoms with Gasteiger partial charge in [0.1, 0.15) is 5.60 Å². The van der Waals surface area contributed by atoms with Crippen LogP contribution >= 0.6 is 0 Å². The maximum atomic E-state index is 12.3. The zero-order valence-corrected chi connectivity index (χ0v) is 17.0. The molecule has 3 aromatic rings. The van der Waals surface area contributed by atoms with E-state index in [0.717, 1.165) is 35.4 Å². The minimum atomic E-state index is -0.479. The number of benzene rings is 1. The summed E-state index contributed by atoms with van der Waals surface area (Å²) < 4.78 is 5.48. The van der Waals surface area contributed by atoms with Crippen LogP contribution in [0.5, 0.6) is 0 Å². The van der Waals surface area contributed by atoms with Crippen LogP contribution in [0.2, 0.25) is 0 Å². The van der Waals surface area contributed by atoms with Crippen molar-refractivity contribution in [2.45, 2.75) is 26.4 Å². The summed E-state index contributed by atoms with van der Waals surface area (Å²) in [5.41, 5.74) is 9.69. The number of carbonyl (C=O) groups excluding carboxylic acids is 1. The molecule has 1 amide bonds. The van der Waals surface area contributed by atoms with Gasteiger partial charge in [0, 0.05) is 42.8 Å². The van der Waals surface area contributed by atoms with Gasteiger partial charge >= 0.3 is 6.09 Å². The molecular weight excluding hydrogens is 368 g/mol. The molecule has 0 atom stereocenters. The van der Waals surface area contributed by atoms with E-state index < -0.39 is 5.60 Å². The van der Waals surface area contributed by atoms with Crippen molar-refractivity contribution in [1.29, 1.82) is 0 Å². The Morgan fingerprint density at radius 1 is 1.17 bits per heavy atom. The number of nitrogen functional groups attached to an aromatic ring is 1. The lowest BCUT2D eigenvalue weighted by atomic mass is 10.1. The number of aromatic nitrogens is 3. The highest BCUT2D eigenvalue weighted by molar-refractivity contribution is 5.92. The molecule has 1 saturated heterocycles. The number of hydrogen-bond acceptors (Lipinski definition) is 6. The molecule has 0 spiro atoms. The molecule has 3 N–H and O–H groups in total. The Hall–Kier alpha value is -3.29. The average Bonchev–Trinajstić information content (AvgIpc) is 3.10. The van der Waals surface area contributed by atoms with E-state index >= 15 is 0 Å². The summed E-state index contributed by atoms with van der Waals surface area (Å²) in [6, 6.07) is 10.2. The largest absolute Gasteiger partial charge is 0.444 e. The van der Waals surface area contributed by atoms with E-state index in [1.807, 2.05) is 39.0 Å². The normalized spacial score (nSPS) is 15.0. The summed E-state index contributed by atoms with van der Waals surface area (Å²) in [4.78, 5) is 20.6. The Morgan fingerprint density at radius 3 is 2.66 bits per heavy atom. The first-order chi connectivity index (χ1) is 13.8. The second kappa shape index (κ2) is 7.27. The molecule has 1 fully saturated rings. The molecule has 0 radical (unpaired) electrons. The molecule has 1 aromatic carbocycles. The van der Waals surface area contributed by atoms with Crippen LogP contribution in [0.3, 0.4) is 0 Å². The molecular formula is C21H26N6O2. The van der Waals surface area contributed by atoms with Gasteiger partial charge in [-0.1, -0.05) is 12.1 Å². The number of anilines is 2. The van der Waals surface area contributed by atoms with E-state index in [0.29, 0.717) is 24.4 Å². The van der Waals surface area contributed by atoms with Crippen LogP contribution in [0.25, 0.3) is 22.3 Å². The van der Waals surface area contributed by atoms with Gasteiger partial charge < -0.3 is 20.3 Å². The van der Waals surface area contributed by atoms with Crippen LogP contribution < -0.4 is 10.6 Å². The second-order valence-electron chi connectivity index (χ2n) is 8.24. The van der Waals surface area contributed by atoms with E-state index in [1.165, 1.54) is 0 Å². The number of carbonyl (C=O) groups is 1. The number of amides is 1. The Balaban J connectivity index is 1.50. The number of hydrogen-bond donors (Lipinski definition) is 2. The van der Waals surface area contributed by atoms with Crippen molar-refractivity contribution < 1.29 is 9.53 Å². The molecule has 0 saturated carbocycles. The average molecular weight is 394 g/mol. The SMILES string of the molecule is CC(C)(C)OC(=O)N1CCN(c2cccc(-c3[nH]nc4ncc(N)cc34)c2)CC1. The summed E-state index contributed by atoms with van der Waals surface area (Å²) in [5.74, 6) is 0. The van der Waals surface area contributed by atoms with Crippen molar-refractivity contribution in [3.63, 3.8) is 0 Å². The number of piperazine rings is 1. The van der Waals surface area contributed by atoms with Crippen molar-refractivity contribution in [2.75, 3.05) is 36.8 Å². The highest BCUT2D eigenvalue weighted by Gasteiger charge is 2.26. The fraction of sp³-hybridized carbons (Fsp3) is 0.381. The van der Waals surface area contributed by atoms with Gasteiger partial charge in [0.05, 0.1) is 17.6 Å². The Kier molecular flexibility index (Phi) is 4.77. The Bertz CT molecular complexity index is 1030. The van der Waals surface area contributed by atoms with E-state index in [2.05, 4.69) is 32.2 Å². The fourth-order valence-corrected chi connectivity index (χ4v) is 3.47. The quantitative estimate of drug-likeness (QED) is 0.692. The number of nitrogens with two attached hydrogens (primary N) is 1. The lowest BCUT2D eigenvalue weighted by Gasteiger charge is -2.36. The third kappa shape index (κ3) is 4.11. The van der Waals surface area contributed by atoms with Crippen LogP contribution in [0.1, 0.15) is 20.8 Å². The first kappa shape index (κ1) is 19.0. The molecule has 8 nitrogen and oxygen atoms in total. The summed E-state index contributed by atoms with van der Waals surface area (Å²) >= 11 is 0. The number of pyridine rings is 1. The summed E-state index contributed by atoms with van der Waals surface area (Å²) in [6.45, 7) is 8.42. The molecule has 8 heteroatoms. The van der Waals surface area contributed by atoms with Gasteiger partial charge in [0.15, 0.2) is 5.65 Å². The molecule has 1 aliphatic rings. The van der Waals surface area contributed by atoms with Crippen molar-refractivity contribution >= 4 is 28.5 Å². The maximum absolute atomic E-state index is 12.3. The standard InChI is InChI=1S/C21H26N6O2/c1-21(2,3)29-20(28)27-9-7-26(8-10-27)16-6-4-5-14(11-16)18-17-12-15(22)13-23-19(17)25-24-18/h4-6,11-13H,7-10,22H2,1-3H3,(H,23,24,25). The minimum absolute atomic E-state index is 0.250. The number of nitrogens with zero attached hydrogens (tertiary/aromatic N) is 4. The number of nitrogens with one attached hydrogen (secondary N) is 1. The lowest BCUT2D eigenvalue weighted by molar-refractivity contribution is 0.0240. The first-order valence-corrected chi connectivity index (χ1v) is 9.73. The monoisotopic (exact) mass is 394 g/mol. The predicted octanol–water partition coefficient (Wildman–Crippen LogP) is 3.26. The van der Waals surface area contributed by atoms with Gasteiger partial charge in [-0.15, -0.1) is 0 Å². The lowest BCUT2D eigenvalue weighted by Crippen LogP contribution is -2.50. The highest BCUT2D eigenvalue weighted by Crippen LogP contribution is 2.29. The zero-order valence-electron chi connectivity index (χ0n) is 17.0. The Morgan fingerprint density at radius 2 is 1.93 bits per heavy atom. The number of aromatic amines is 1. The number of H-pyrrole nitrogens is 1. The summed E-state index contributed by atoms with van der Waals surface area (Å²) in [6.07, 6.45) is 1.35. The van der Waals surface area contributed by atoms with Gasteiger partial charge in [-0.25, -0.2) is 9.78 Å². The van der Waals surface area contributed by atoms with Crippen molar-refractivity contribution in [3.8, 4) is 11.3 Å². The number of fused-ring (bicyclic) bond motifs is 1. The molecule has 0 bridgehead atoms. The Labute approximate surface area is 169 Å². The molecule has 3 heterocycles. The van der Waals surface area contributed by atoms with Crippen LogP contribution in [-0.4, -0.2) is 58.0 Å². The molecule has 29 heavy (non-hydrogen) atoms. The fourth-order valence-electron chi connectivity index (χ4n) is 3.47. The van der Waals surface area contributed by atoms with Gasteiger partial charge in [-0.3, -0.25) is 5.10 Å². The van der Waals surface area contributed by atoms with Gasteiger partial charge in [0.25, 0.3) is 0 Å². The van der Waals surface area contributed by atoms with Crippen molar-refractivity contribution in [1.82, 2.24) is 20.1 Å². The van der Waals surface area contributed by atoms with E-state index in [4.69, 9.17) is 10.5 Å². The topological polar surface area (TPSA) is 100 Å². The molecule has 2 aromatic heterocycles. The van der Waals surface area contributed by atoms with Crippen molar-refractivity contribution in [3.05, 3.63) is 36.5 Å². The smallest absolute Gasteiger partial charge is 0.410 e. The van der Waals surface area contributed by atoms with Crippen LogP contribution in [0, 0.1) is 0 Å². The van der Waals surface area contributed by atoms with Crippen LogP contribution in [0.15, 0.2) is 36.5 Å². The third-order valence-electron chi connectivity index (χ3n) is 4.86. The van der Waals surface area contributed by atoms with E-state index in [-0.39, 0.29) is 6.09 Å². The van der Waals surface area contributed by atoms with E-state index in [1.54, 1.807) is 11.1 Å². The molecule has 0 aliphatic carbocycles. The van der Waals surface area contributed by atoms with Gasteiger partial charge in [-0.05, 0) is 39.0 Å². The van der Waals surface area contributed by atoms with Crippen LogP contribution in [0.4, 0.5) is 16.2 Å². The van der Waals surface area contributed by atoms with Crippen molar-refractivity contribution in [2.24, 2.45) is 0 Å². The summed E-state index contributed by atoms with van der Waals surface area (Å²) in [7, 11) is 0. The van der Waals surface area contributed by atoms with Gasteiger partial charge in [0.2, 0.25) is 0 Å². The van der Waals surface area contributed by atoms with Crippen LogP contribution in [-0.2, 0) is 4.74 Å². The molecule has 4 rings (SSSR count). The minimum Gasteiger partial charge on any atom is -0.444 e. The van der Waals surface area contributed by atoms with E-state index in [9.17, 15) is 4.79 Å². The molecule has 0 unspecified atom stereocenters. The first-order valence-electron chi connectivity index (χ1n) is 9.73. The summed E-state index contributed by atoms with van der Waals surface area (Å²) in [5, 5.41) is 8.25. The second-order valence-corrected chi connectivity index (χ2v) is 8.24. The predicted molar refractivity (Wildman–Crippen MR) is 114 cm³/mol. The number of ether oxygens (including phenoxy) is 1. The molecule has 1 aliphatic heterocycles. The highest BCUT2D eigenvalue weighted by atomic mass is 16.6. The van der Waals surface area contributed by atoms with Gasteiger partial charge in [-0.2, -0.15) is 5.10 Å². The third-order valence-corrected chi connectivity index (χ3v) is 4.86. The molecule has 152 valence electrons. The zero-order chi connectivity index (χ0) is 20.6. The maximum Gasteiger partial charge on any atom is 0.410 e.